The number of methoxy groups -OCH3 is 1. The van der Waals surface area contributed by atoms with Crippen LogP contribution in [0.15, 0.2) is 53.4 Å². The quantitative estimate of drug-likeness (QED) is 0.554. The number of para-hydroxylation sites is 1. The second kappa shape index (κ2) is 10.6. The van der Waals surface area contributed by atoms with Gasteiger partial charge >= 0.3 is 0 Å². The molecule has 0 atom stereocenters. The summed E-state index contributed by atoms with van der Waals surface area (Å²) in [5.74, 6) is -1.79. The van der Waals surface area contributed by atoms with E-state index in [0.717, 1.165) is 38.5 Å². The number of ether oxygens (including phenoxy) is 1. The van der Waals surface area contributed by atoms with Crippen LogP contribution in [-0.2, 0) is 11.3 Å². The molecule has 1 aliphatic rings. The second-order valence-corrected chi connectivity index (χ2v) is 8.16. The minimum Gasteiger partial charge on any atom is -0.497 e. The number of thioether (sulfide) groups is 1. The molecule has 29 heavy (non-hydrogen) atoms. The lowest BCUT2D eigenvalue weighted by atomic mass is 10.2. The molecule has 3 N–H and O–H groups in total. The summed E-state index contributed by atoms with van der Waals surface area (Å²) >= 11 is 0.450. The van der Waals surface area contributed by atoms with Gasteiger partial charge in [0.2, 0.25) is 0 Å². The van der Waals surface area contributed by atoms with Crippen LogP contribution < -0.4 is 19.9 Å². The number of nitrogens with one attached hydrogen (secondary N) is 3. The van der Waals surface area contributed by atoms with Crippen molar-refractivity contribution in [3.8, 4) is 5.75 Å². The van der Waals surface area contributed by atoms with Crippen molar-refractivity contribution in [1.29, 1.82) is 0 Å². The van der Waals surface area contributed by atoms with Crippen LogP contribution in [0, 0.1) is 0 Å². The number of carbonyl (C=O) groups is 1. The number of carbonyl (C=O) groups excluding carboxylic acids is 1. The molecule has 0 aliphatic carbocycles. The maximum Gasteiger partial charge on any atom is 0.288 e. The smallest absolute Gasteiger partial charge is 0.288 e. The Hall–Kier alpha value is -2.16. The molecule has 1 amide bonds. The number of amides is 1. The molecule has 0 radical (unpaired) electrons. The monoisotopic (exact) mass is 423 g/mol. The maximum absolute atomic E-state index is 12.7. The molecule has 1 heterocycles. The van der Waals surface area contributed by atoms with E-state index in [4.69, 9.17) is 4.74 Å². The SMILES string of the molecule is COc1ccc(C[NH+]2CC[NH+](CC(=O)Nc3ccccc3SC(F)F)CC2)cc1. The fourth-order valence-corrected chi connectivity index (χ4v) is 4.13. The minimum absolute atomic E-state index is 0.138. The standard InChI is InChI=1S/C21H25F2N3O2S/c1-28-17-8-6-16(7-9-17)14-25-10-12-26(13-11-25)15-20(27)24-18-4-2-3-5-19(18)29-21(22)23/h2-9,21H,10-15H2,1H3,(H,24,27)/p+2. The van der Waals surface area contributed by atoms with E-state index in [-0.39, 0.29) is 5.91 Å². The molecule has 8 heteroatoms. The molecule has 2 aromatic rings. The molecule has 0 aromatic heterocycles. The van der Waals surface area contributed by atoms with Crippen molar-refractivity contribution in [2.75, 3.05) is 45.2 Å². The minimum atomic E-state index is -2.51. The van der Waals surface area contributed by atoms with Crippen LogP contribution in [0.1, 0.15) is 5.56 Å². The van der Waals surface area contributed by atoms with E-state index in [2.05, 4.69) is 17.4 Å². The number of alkyl halides is 2. The molecule has 0 unspecified atom stereocenters. The number of halogens is 2. The van der Waals surface area contributed by atoms with Crippen molar-refractivity contribution in [1.82, 2.24) is 0 Å². The van der Waals surface area contributed by atoms with Crippen molar-refractivity contribution in [2.24, 2.45) is 0 Å². The van der Waals surface area contributed by atoms with Gasteiger partial charge in [-0.15, -0.1) is 0 Å². The highest BCUT2D eigenvalue weighted by Gasteiger charge is 2.25. The number of benzene rings is 2. The summed E-state index contributed by atoms with van der Waals surface area (Å²) < 4.78 is 30.6. The van der Waals surface area contributed by atoms with Gasteiger partial charge in [-0.2, -0.15) is 8.78 Å². The largest absolute Gasteiger partial charge is 0.497 e. The molecule has 1 aliphatic heterocycles. The van der Waals surface area contributed by atoms with Gasteiger partial charge in [0.05, 0.1) is 12.8 Å². The summed E-state index contributed by atoms with van der Waals surface area (Å²) in [6.07, 6.45) is 0. The highest BCUT2D eigenvalue weighted by Crippen LogP contribution is 2.31. The first kappa shape index (κ1) is 21.5. The fourth-order valence-electron chi connectivity index (χ4n) is 3.53. The maximum atomic E-state index is 12.7. The third-order valence-electron chi connectivity index (χ3n) is 5.07. The van der Waals surface area contributed by atoms with E-state index >= 15 is 0 Å². The van der Waals surface area contributed by atoms with Crippen LogP contribution in [-0.4, -0.2) is 51.5 Å². The lowest BCUT2D eigenvalue weighted by molar-refractivity contribution is -1.02. The van der Waals surface area contributed by atoms with E-state index in [1.807, 2.05) is 12.1 Å². The molecule has 2 aromatic carbocycles. The third-order valence-corrected chi connectivity index (χ3v) is 5.85. The van der Waals surface area contributed by atoms with E-state index in [9.17, 15) is 13.6 Å². The molecule has 3 rings (SSSR count). The number of hydrogen-bond donors (Lipinski definition) is 3. The topological polar surface area (TPSA) is 47.2 Å². The lowest BCUT2D eigenvalue weighted by Gasteiger charge is -2.29. The normalized spacial score (nSPS) is 19.2. The van der Waals surface area contributed by atoms with Gasteiger partial charge in [0, 0.05) is 10.5 Å². The van der Waals surface area contributed by atoms with E-state index < -0.39 is 5.76 Å². The van der Waals surface area contributed by atoms with Gasteiger partial charge in [0.25, 0.3) is 11.7 Å². The highest BCUT2D eigenvalue weighted by molar-refractivity contribution is 7.99. The van der Waals surface area contributed by atoms with Gasteiger partial charge in [0.1, 0.15) is 38.5 Å². The van der Waals surface area contributed by atoms with Crippen LogP contribution in [0.4, 0.5) is 14.5 Å². The third kappa shape index (κ3) is 6.69. The first-order valence-electron chi connectivity index (χ1n) is 9.67. The van der Waals surface area contributed by atoms with Gasteiger partial charge in [-0.3, -0.25) is 4.79 Å². The molecule has 5 nitrogen and oxygen atoms in total. The highest BCUT2D eigenvalue weighted by atomic mass is 32.2. The van der Waals surface area contributed by atoms with Crippen LogP contribution in [0.5, 0.6) is 5.75 Å². The molecule has 156 valence electrons. The predicted octanol–water partition coefficient (Wildman–Crippen LogP) is 0.932. The van der Waals surface area contributed by atoms with Crippen molar-refractivity contribution in [2.45, 2.75) is 17.2 Å². The molecule has 0 spiro atoms. The summed E-state index contributed by atoms with van der Waals surface area (Å²) in [6.45, 7) is 5.11. The number of anilines is 1. The summed E-state index contributed by atoms with van der Waals surface area (Å²) in [4.78, 5) is 15.5. The van der Waals surface area contributed by atoms with Crippen LogP contribution in [0.2, 0.25) is 0 Å². The Kier molecular flexibility index (Phi) is 7.85. The fraction of sp³-hybridized carbons (Fsp3) is 0.381. The Morgan fingerprint density at radius 1 is 1.07 bits per heavy atom. The number of hydrogen-bond acceptors (Lipinski definition) is 3. The summed E-state index contributed by atoms with van der Waals surface area (Å²) in [7, 11) is 1.66. The van der Waals surface area contributed by atoms with E-state index in [1.165, 1.54) is 15.4 Å². The number of quaternary nitrogens is 2. The molecule has 1 saturated heterocycles. The molecular weight excluding hydrogens is 396 g/mol. The summed E-state index contributed by atoms with van der Waals surface area (Å²) in [5.41, 5.74) is 1.72. The van der Waals surface area contributed by atoms with Gasteiger partial charge in [0.15, 0.2) is 6.54 Å². The van der Waals surface area contributed by atoms with Crippen molar-refractivity contribution in [3.05, 3.63) is 54.1 Å². The van der Waals surface area contributed by atoms with E-state index in [0.29, 0.717) is 28.9 Å². The summed E-state index contributed by atoms with van der Waals surface area (Å²) in [5, 5.41) is 2.79. The van der Waals surface area contributed by atoms with Crippen LogP contribution in [0.3, 0.4) is 0 Å². The second-order valence-electron chi connectivity index (χ2n) is 7.12. The zero-order valence-corrected chi connectivity index (χ0v) is 17.2. The molecular formula is C21H27F2N3O2S+2. The Morgan fingerprint density at radius 3 is 2.38 bits per heavy atom. The Balaban J connectivity index is 1.45. The average molecular weight is 424 g/mol. The van der Waals surface area contributed by atoms with Crippen molar-refractivity contribution in [3.63, 3.8) is 0 Å². The van der Waals surface area contributed by atoms with Gasteiger partial charge in [-0.05, 0) is 36.4 Å². The van der Waals surface area contributed by atoms with Gasteiger partial charge in [-0.25, -0.2) is 0 Å². The van der Waals surface area contributed by atoms with Gasteiger partial charge < -0.3 is 19.9 Å². The lowest BCUT2D eigenvalue weighted by Crippen LogP contribution is -3.28. The average Bonchev–Trinajstić information content (AvgIpc) is 2.71. The molecule has 0 saturated carbocycles. The Bertz CT molecular complexity index is 797. The number of rotatable bonds is 8. The van der Waals surface area contributed by atoms with Crippen LogP contribution >= 0.6 is 11.8 Å². The van der Waals surface area contributed by atoms with Crippen LogP contribution in [0.25, 0.3) is 0 Å². The van der Waals surface area contributed by atoms with Crippen molar-refractivity contribution >= 4 is 23.4 Å². The number of piperazine rings is 1. The molecule has 0 bridgehead atoms. The van der Waals surface area contributed by atoms with E-state index in [1.54, 1.807) is 31.4 Å². The first-order chi connectivity index (χ1) is 14.0. The first-order valence-corrected chi connectivity index (χ1v) is 10.5. The van der Waals surface area contributed by atoms with Gasteiger partial charge in [-0.1, -0.05) is 23.9 Å². The zero-order chi connectivity index (χ0) is 20.6. The predicted molar refractivity (Wildman–Crippen MR) is 110 cm³/mol. The molecule has 1 fully saturated rings. The van der Waals surface area contributed by atoms with Crippen molar-refractivity contribution < 1.29 is 28.1 Å². The summed E-state index contributed by atoms with van der Waals surface area (Å²) in [6, 6.07) is 14.8. The Labute approximate surface area is 174 Å². The zero-order valence-electron chi connectivity index (χ0n) is 16.4. The Morgan fingerprint density at radius 2 is 1.72 bits per heavy atom.